The molecule has 0 aromatic carbocycles. The van der Waals surface area contributed by atoms with E-state index in [0.29, 0.717) is 0 Å². The van der Waals surface area contributed by atoms with Crippen LogP contribution in [0.2, 0.25) is 18.0 Å². The molecule has 0 spiro atoms. The lowest BCUT2D eigenvalue weighted by molar-refractivity contribution is 0.345. The summed E-state index contributed by atoms with van der Waals surface area (Å²) in [5.74, 6) is 5.09. The van der Waals surface area contributed by atoms with Crippen LogP contribution in [0.25, 0.3) is 0 Å². The van der Waals surface area contributed by atoms with Crippen LogP contribution in [-0.4, -0.2) is 6.71 Å². The minimum absolute atomic E-state index is 0.803. The summed E-state index contributed by atoms with van der Waals surface area (Å²) in [5.41, 5.74) is 1.61. The van der Waals surface area contributed by atoms with Crippen LogP contribution in [0, 0.1) is 23.7 Å². The van der Waals surface area contributed by atoms with Crippen LogP contribution >= 0.6 is 0 Å². The molecule has 0 amide bonds. The van der Waals surface area contributed by atoms with Crippen LogP contribution in [0.1, 0.15) is 74.7 Å². The van der Waals surface area contributed by atoms with Crippen LogP contribution in [0.15, 0.2) is 11.6 Å². The van der Waals surface area contributed by atoms with Gasteiger partial charge >= 0.3 is 0 Å². The molecule has 1 heteroatoms. The van der Waals surface area contributed by atoms with Crippen molar-refractivity contribution in [3.63, 3.8) is 0 Å². The van der Waals surface area contributed by atoms with Gasteiger partial charge < -0.3 is 0 Å². The van der Waals surface area contributed by atoms with Gasteiger partial charge in [-0.1, -0.05) is 89.9 Å². The van der Waals surface area contributed by atoms with Gasteiger partial charge in [-0.3, -0.25) is 0 Å². The Bertz CT molecular complexity index is 315. The molecule has 0 fully saturated rings. The summed E-state index contributed by atoms with van der Waals surface area (Å²) in [6.07, 6.45) is 8.00. The van der Waals surface area contributed by atoms with Gasteiger partial charge in [-0.15, -0.1) is 0 Å². The Hall–Kier alpha value is -0.195. The fourth-order valence-corrected chi connectivity index (χ4v) is 4.02. The average molecular weight is 290 g/mol. The van der Waals surface area contributed by atoms with Crippen LogP contribution in [0.5, 0.6) is 0 Å². The second-order valence-corrected chi connectivity index (χ2v) is 8.67. The molecule has 0 aromatic rings. The van der Waals surface area contributed by atoms with Gasteiger partial charge in [0.05, 0.1) is 0 Å². The van der Waals surface area contributed by atoms with E-state index in [9.17, 15) is 0 Å². The summed E-state index contributed by atoms with van der Waals surface area (Å²) < 4.78 is 0. The van der Waals surface area contributed by atoms with E-state index in [4.69, 9.17) is 0 Å². The van der Waals surface area contributed by atoms with Crippen LogP contribution in [0.3, 0.4) is 0 Å². The zero-order valence-electron chi connectivity index (χ0n) is 15.9. The van der Waals surface area contributed by atoms with Crippen molar-refractivity contribution in [1.82, 2.24) is 0 Å². The van der Waals surface area contributed by atoms with Crippen molar-refractivity contribution < 1.29 is 0 Å². The highest BCUT2D eigenvalue weighted by atomic mass is 14.2. The first-order valence-electron chi connectivity index (χ1n) is 9.39. The molecule has 0 aliphatic heterocycles. The van der Waals surface area contributed by atoms with Crippen molar-refractivity contribution in [3.8, 4) is 0 Å². The zero-order chi connectivity index (χ0) is 16.2. The van der Waals surface area contributed by atoms with Gasteiger partial charge in [0.1, 0.15) is 6.71 Å². The van der Waals surface area contributed by atoms with Crippen molar-refractivity contribution >= 4 is 6.71 Å². The topological polar surface area (TPSA) is 0 Å². The number of hydrogen-bond donors (Lipinski definition) is 0. The molecule has 4 atom stereocenters. The zero-order valence-corrected chi connectivity index (χ0v) is 15.9. The third kappa shape index (κ3) is 5.49. The van der Waals surface area contributed by atoms with Gasteiger partial charge in [0.2, 0.25) is 0 Å². The van der Waals surface area contributed by atoms with Crippen molar-refractivity contribution in [2.45, 2.75) is 92.6 Å². The van der Waals surface area contributed by atoms with Gasteiger partial charge in [-0.05, 0) is 38.0 Å². The van der Waals surface area contributed by atoms with Gasteiger partial charge in [0.25, 0.3) is 0 Å². The lowest BCUT2D eigenvalue weighted by Gasteiger charge is -2.36. The Balaban J connectivity index is 2.71. The van der Waals surface area contributed by atoms with E-state index in [2.05, 4.69) is 61.5 Å². The van der Waals surface area contributed by atoms with E-state index < -0.39 is 0 Å². The predicted molar refractivity (Wildman–Crippen MR) is 99.3 cm³/mol. The minimum Gasteiger partial charge on any atom is -0.0853 e. The van der Waals surface area contributed by atoms with E-state index in [0.717, 1.165) is 42.0 Å². The maximum Gasteiger partial charge on any atom is 0.146 e. The van der Waals surface area contributed by atoms with Gasteiger partial charge in [0.15, 0.2) is 0 Å². The third-order valence-corrected chi connectivity index (χ3v) is 6.58. The molecule has 0 N–H and O–H groups in total. The lowest BCUT2D eigenvalue weighted by atomic mass is 9.28. The largest absolute Gasteiger partial charge is 0.146 e. The normalized spacial score (nSPS) is 23.9. The molecule has 3 unspecified atom stereocenters. The Morgan fingerprint density at radius 2 is 1.52 bits per heavy atom. The SMILES string of the molecule is CC1=CC[C@H](C(C)CB(C(C)C(C)C)C(C)C(C)C)CC1. The highest BCUT2D eigenvalue weighted by molar-refractivity contribution is 6.62. The predicted octanol–water partition coefficient (Wildman–Crippen LogP) is 6.96. The Labute approximate surface area is 135 Å². The summed E-state index contributed by atoms with van der Waals surface area (Å²) in [6, 6.07) is 0. The molecule has 1 aliphatic rings. The molecule has 0 aromatic heterocycles. The highest BCUT2D eigenvalue weighted by Crippen LogP contribution is 2.40. The molecule has 1 aliphatic carbocycles. The minimum atomic E-state index is 0.803. The number of allylic oxidation sites excluding steroid dienone is 2. The molecule has 122 valence electrons. The fraction of sp³-hybridized carbons (Fsp3) is 0.900. The van der Waals surface area contributed by atoms with E-state index in [1.54, 1.807) is 5.57 Å². The Morgan fingerprint density at radius 1 is 1.00 bits per heavy atom. The first kappa shape index (κ1) is 18.9. The van der Waals surface area contributed by atoms with Crippen molar-refractivity contribution in [2.24, 2.45) is 23.7 Å². The van der Waals surface area contributed by atoms with E-state index in [-0.39, 0.29) is 0 Å². The van der Waals surface area contributed by atoms with Gasteiger partial charge in [-0.2, -0.15) is 0 Å². The van der Waals surface area contributed by atoms with E-state index in [1.807, 2.05) is 0 Å². The van der Waals surface area contributed by atoms with Gasteiger partial charge in [-0.25, -0.2) is 0 Å². The summed E-state index contributed by atoms with van der Waals surface area (Å²) in [4.78, 5) is 0. The first-order valence-corrected chi connectivity index (χ1v) is 9.39. The molecule has 0 bridgehead atoms. The van der Waals surface area contributed by atoms with E-state index >= 15 is 0 Å². The first-order chi connectivity index (χ1) is 9.73. The monoisotopic (exact) mass is 290 g/mol. The highest BCUT2D eigenvalue weighted by Gasteiger charge is 2.34. The molecule has 0 heterocycles. The summed E-state index contributed by atoms with van der Waals surface area (Å²) in [5, 5.41) is 0. The second-order valence-electron chi connectivity index (χ2n) is 8.67. The molecular weight excluding hydrogens is 251 g/mol. The summed E-state index contributed by atoms with van der Waals surface area (Å²) in [6.45, 7) is 20.3. The Kier molecular flexibility index (Phi) is 7.58. The summed E-state index contributed by atoms with van der Waals surface area (Å²) in [7, 11) is 0. The lowest BCUT2D eigenvalue weighted by Crippen LogP contribution is -2.33. The molecule has 0 radical (unpaired) electrons. The van der Waals surface area contributed by atoms with Crippen molar-refractivity contribution in [1.29, 1.82) is 0 Å². The third-order valence-electron chi connectivity index (χ3n) is 6.58. The van der Waals surface area contributed by atoms with Crippen molar-refractivity contribution in [2.75, 3.05) is 0 Å². The Morgan fingerprint density at radius 3 is 1.90 bits per heavy atom. The molecule has 0 saturated carbocycles. The maximum absolute atomic E-state index is 2.52. The summed E-state index contributed by atoms with van der Waals surface area (Å²) >= 11 is 0. The van der Waals surface area contributed by atoms with Crippen LogP contribution < -0.4 is 0 Å². The van der Waals surface area contributed by atoms with Crippen molar-refractivity contribution in [3.05, 3.63) is 11.6 Å². The van der Waals surface area contributed by atoms with Crippen LogP contribution in [-0.2, 0) is 0 Å². The number of hydrogen-bond acceptors (Lipinski definition) is 0. The van der Waals surface area contributed by atoms with E-state index in [1.165, 1.54) is 25.6 Å². The van der Waals surface area contributed by atoms with Crippen LogP contribution in [0.4, 0.5) is 0 Å². The molecule has 0 nitrogen and oxygen atoms in total. The fourth-order valence-electron chi connectivity index (χ4n) is 4.02. The maximum atomic E-state index is 2.52. The smallest absolute Gasteiger partial charge is 0.0853 e. The molecule has 21 heavy (non-hydrogen) atoms. The molecular formula is C20H39B. The standard InChI is InChI=1S/C20H39B/c1-14(2)18(7)21(19(8)15(3)4)13-17(6)20-11-9-16(5)10-12-20/h9,14-15,17-20H,10-13H2,1-8H3/t17?,18?,19?,20-/m0/s1. The quantitative estimate of drug-likeness (QED) is 0.351. The number of rotatable bonds is 7. The van der Waals surface area contributed by atoms with Gasteiger partial charge in [0, 0.05) is 0 Å². The molecule has 1 rings (SSSR count). The molecule has 0 saturated heterocycles. The average Bonchev–Trinajstić information content (AvgIpc) is 2.43. The second kappa shape index (κ2) is 8.44.